The lowest BCUT2D eigenvalue weighted by Crippen LogP contribution is -2.70. The molecule has 112 heavy (non-hydrogen) atoms. The topological polar surface area (TPSA) is 624 Å². The van der Waals surface area contributed by atoms with Gasteiger partial charge in [0.25, 0.3) is 5.91 Å². The van der Waals surface area contributed by atoms with Gasteiger partial charge in [0.1, 0.15) is 66.5 Å². The highest BCUT2D eigenvalue weighted by Crippen LogP contribution is 2.23. The summed E-state index contributed by atoms with van der Waals surface area (Å²) in [5, 5.41) is 88.3. The van der Waals surface area contributed by atoms with Crippen molar-refractivity contribution in [3.8, 4) is 0 Å². The molecule has 0 saturated carbocycles. The monoisotopic (exact) mass is 1560 g/mol. The maximum Gasteiger partial charge on any atom is 0.328 e. The summed E-state index contributed by atoms with van der Waals surface area (Å²) in [6.07, 6.45) is -0.492. The quantitative estimate of drug-likeness (QED) is 0.0174. The third kappa shape index (κ3) is 27.7. The van der Waals surface area contributed by atoms with Gasteiger partial charge >= 0.3 is 17.9 Å². The normalized spacial score (nSPS) is 14.8. The summed E-state index contributed by atoms with van der Waals surface area (Å²) in [5.41, 5.74) is 11.8. The van der Waals surface area contributed by atoms with Gasteiger partial charge in [0.05, 0.1) is 37.8 Å². The van der Waals surface area contributed by atoms with E-state index in [1.807, 2.05) is 0 Å². The van der Waals surface area contributed by atoms with Gasteiger partial charge in [-0.05, 0) is 73.3 Å². The number of rotatable bonds is 47. The number of carboxylic acid groups (broad SMARTS) is 3. The molecule has 6 aromatic rings. The number of aromatic nitrogens is 4. The molecule has 38 heteroatoms. The standard InChI is InChI=1S/C74H99N17O21/c1-37(2)25-51(66(103)84-52(26-38(3)4)67(104)90-58(35-93)74(111)112)83-64(101)49(20-22-59(76)95)82-72(109)57(34-92)89-70(107)55(29-42-32-79-48-18-12-10-16-45(42)48)85-69(106)54(28-41-31-78-47-17-11-9-15-44(41)47)86-71(108)56(30-43-33-77-36-80-43)87-65(102)50(21-24-61(98)99)81-68(105)53(27-40-13-7-6-8-14-40)88-73(110)62(39(5)94)91-63(100)46(75)19-23-60(96)97/h6-18,31-33,36-39,46,49-58,62,78-79,92-94H,19-30,34-35,75H2,1-5H3,(H2,76,95)(H,77,80)(H,81,105)(H,82,109)(H,83,101)(H,84,103)(H,85,106)(H,86,108)(H,87,102)(H,88,110)(H,89,107)(H,90,104)(H,91,100)(H,96,97)(H,98,99)(H,111,112)/p+1/t39-,46+,49+,50+,51+,52+,53+,54+,55+,56+,57+,58+,62+/m1/s1. The molecule has 25 N–H and O–H groups in total. The molecule has 3 aromatic heterocycles. The van der Waals surface area contributed by atoms with Gasteiger partial charge in [0, 0.05) is 85.3 Å². The van der Waals surface area contributed by atoms with E-state index in [9.17, 15) is 83.1 Å². The van der Waals surface area contributed by atoms with Crippen LogP contribution in [-0.2, 0) is 97.6 Å². The van der Waals surface area contributed by atoms with Crippen LogP contribution in [0.5, 0.6) is 0 Å². The SMILES string of the molecule is CC(C)C[C@H](NC(=O)[C@H](CC(C)C)NC(=O)[C@H](CCC(N)=O)NC(=O)[C@H](CO)NC(=O)[C@H](Cc1c[nH]c2ccccc12)NC(=O)[C@H](Cc1c[nH]c2ccccc12)NC(=O)[C@H](Cc1c[nH]cn1)NC(=O)[C@H](CCC(=O)O)NC(=O)[C@H](Cc1ccccc1)NC(=O)[C@@H](NC(=O)[C@@H]([NH3+])CCC(=O)O)[C@@H](C)O)C(=O)N[C@@H](CO)C(=O)O. The zero-order valence-electron chi connectivity index (χ0n) is 62.4. The number of quaternary nitrogens is 1. The molecule has 0 fully saturated rings. The summed E-state index contributed by atoms with van der Waals surface area (Å²) >= 11 is 0. The molecule has 0 radical (unpaired) electrons. The van der Waals surface area contributed by atoms with Gasteiger partial charge < -0.3 is 116 Å². The lowest BCUT2D eigenvalue weighted by molar-refractivity contribution is -0.405. The van der Waals surface area contributed by atoms with Crippen LogP contribution in [0, 0.1) is 11.8 Å². The number of carbonyl (C=O) groups excluding carboxylic acids is 12. The van der Waals surface area contributed by atoms with Gasteiger partial charge in [-0.1, -0.05) is 94.4 Å². The van der Waals surface area contributed by atoms with E-state index in [4.69, 9.17) is 10.8 Å². The zero-order chi connectivity index (χ0) is 82.5. The molecule has 6 rings (SSSR count). The second-order valence-corrected chi connectivity index (χ2v) is 27.9. The smallest absolute Gasteiger partial charge is 0.328 e. The number of benzene rings is 3. The van der Waals surface area contributed by atoms with Crippen molar-refractivity contribution in [3.05, 3.63) is 126 Å². The van der Waals surface area contributed by atoms with Gasteiger partial charge in [0.15, 0.2) is 6.04 Å². The Balaban J connectivity index is 1.31. The number of amides is 12. The van der Waals surface area contributed by atoms with Gasteiger partial charge in [-0.2, -0.15) is 0 Å². The van der Waals surface area contributed by atoms with E-state index < -0.39 is 219 Å². The van der Waals surface area contributed by atoms with Crippen molar-refractivity contribution < 1.29 is 108 Å². The number of imidazole rings is 1. The molecule has 0 unspecified atom stereocenters. The maximum absolute atomic E-state index is 15.4. The number of aliphatic carboxylic acids is 3. The van der Waals surface area contributed by atoms with Crippen LogP contribution in [0.25, 0.3) is 21.8 Å². The Kier molecular flexibility index (Phi) is 34.3. The fourth-order valence-electron chi connectivity index (χ4n) is 12.0. The molecule has 0 bridgehead atoms. The minimum absolute atomic E-state index is 0.0213. The van der Waals surface area contributed by atoms with E-state index in [1.165, 1.54) is 12.5 Å². The first kappa shape index (κ1) is 88.7. The predicted octanol–water partition coefficient (Wildman–Crippen LogP) is -3.88. The Morgan fingerprint density at radius 2 is 0.795 bits per heavy atom. The van der Waals surface area contributed by atoms with Gasteiger partial charge in [-0.25, -0.2) is 9.78 Å². The van der Waals surface area contributed by atoms with Crippen molar-refractivity contribution in [2.24, 2.45) is 17.6 Å². The van der Waals surface area contributed by atoms with Crippen molar-refractivity contribution in [1.29, 1.82) is 0 Å². The molecule has 3 aromatic carbocycles. The highest BCUT2D eigenvalue weighted by Gasteiger charge is 2.39. The number of carboxylic acids is 3. The van der Waals surface area contributed by atoms with Crippen molar-refractivity contribution in [2.75, 3.05) is 13.2 Å². The Bertz CT molecular complexity index is 4260. The number of fused-ring (bicyclic) bond motifs is 2. The van der Waals surface area contributed by atoms with Crippen LogP contribution < -0.4 is 70.0 Å². The number of nitrogens with zero attached hydrogens (tertiary/aromatic N) is 1. The molecule has 0 saturated heterocycles. The third-order valence-corrected chi connectivity index (χ3v) is 18.0. The number of aliphatic hydroxyl groups excluding tert-OH is 3. The number of nitrogens with two attached hydrogens (primary N) is 1. The first-order chi connectivity index (χ1) is 53.1. The fourth-order valence-corrected chi connectivity index (χ4v) is 12.0. The van der Waals surface area contributed by atoms with Crippen molar-refractivity contribution in [2.45, 2.75) is 190 Å². The molecule has 3 heterocycles. The summed E-state index contributed by atoms with van der Waals surface area (Å²) in [7, 11) is 0. The van der Waals surface area contributed by atoms with Gasteiger partial charge in [-0.3, -0.25) is 67.1 Å². The van der Waals surface area contributed by atoms with Crippen molar-refractivity contribution >= 4 is 111 Å². The van der Waals surface area contributed by atoms with Gasteiger partial charge in [-0.15, -0.1) is 0 Å². The highest BCUT2D eigenvalue weighted by atomic mass is 16.4. The summed E-state index contributed by atoms with van der Waals surface area (Å²) in [6.45, 7) is 5.87. The van der Waals surface area contributed by atoms with Crippen LogP contribution >= 0.6 is 0 Å². The Morgan fingerprint density at radius 3 is 1.22 bits per heavy atom. The Hall–Kier alpha value is -12.2. The summed E-state index contributed by atoms with van der Waals surface area (Å²) in [4.78, 5) is 219. The number of hydrogen-bond acceptors (Lipinski definition) is 19. The van der Waals surface area contributed by atoms with E-state index in [-0.39, 0.29) is 56.1 Å². The highest BCUT2D eigenvalue weighted by molar-refractivity contribution is 6.01. The molecule has 38 nitrogen and oxygen atoms in total. The Morgan fingerprint density at radius 1 is 0.420 bits per heavy atom. The summed E-state index contributed by atoms with van der Waals surface area (Å²) in [5.74, 6) is -17.4. The number of aliphatic hydroxyl groups is 3. The van der Waals surface area contributed by atoms with Crippen molar-refractivity contribution in [3.63, 3.8) is 0 Å². The number of carbonyl (C=O) groups is 15. The minimum Gasteiger partial charge on any atom is -0.481 e. The number of H-pyrrole nitrogens is 3. The average Bonchev–Trinajstić information content (AvgIpc) is 1.63. The summed E-state index contributed by atoms with van der Waals surface area (Å²) in [6, 6.07) is 2.15. The maximum atomic E-state index is 15.4. The lowest BCUT2D eigenvalue weighted by Gasteiger charge is -2.28. The lowest BCUT2D eigenvalue weighted by atomic mass is 9.99. The first-order valence-corrected chi connectivity index (χ1v) is 36.3. The third-order valence-electron chi connectivity index (χ3n) is 18.0. The van der Waals surface area contributed by atoms with Crippen LogP contribution in [0.1, 0.15) is 108 Å². The first-order valence-electron chi connectivity index (χ1n) is 36.3. The molecule has 0 aliphatic carbocycles. The molecular formula is C74H100N17O21+. The number of nitrogens with one attached hydrogen (secondary N) is 14. The molecule has 0 aliphatic rings. The van der Waals surface area contributed by atoms with E-state index in [2.05, 4.69) is 84.2 Å². The van der Waals surface area contributed by atoms with Crippen LogP contribution in [0.2, 0.25) is 0 Å². The number of hydrogen-bond donors (Lipinski definition) is 22. The second-order valence-electron chi connectivity index (χ2n) is 27.9. The van der Waals surface area contributed by atoms with Gasteiger partial charge in [0.2, 0.25) is 65.0 Å². The molecule has 0 aliphatic heterocycles. The average molecular weight is 1560 g/mol. The summed E-state index contributed by atoms with van der Waals surface area (Å²) < 4.78 is 0. The molecule has 13 atom stereocenters. The fraction of sp³-hybridized carbons (Fsp3) is 0.459. The van der Waals surface area contributed by atoms with E-state index in [1.54, 1.807) is 119 Å². The molecule has 12 amide bonds. The van der Waals surface area contributed by atoms with Crippen LogP contribution in [0.15, 0.2) is 104 Å². The van der Waals surface area contributed by atoms with E-state index in [0.717, 1.165) is 6.92 Å². The second kappa shape index (κ2) is 43.3. The van der Waals surface area contributed by atoms with Crippen molar-refractivity contribution in [1.82, 2.24) is 78.4 Å². The minimum atomic E-state index is -1.95. The zero-order valence-corrected chi connectivity index (χ0v) is 62.4. The molecular weight excluding hydrogens is 1460 g/mol. The number of aromatic amines is 3. The number of primary amides is 1. The number of para-hydroxylation sites is 2. The van der Waals surface area contributed by atoms with Crippen LogP contribution in [-0.4, -0.2) is 231 Å². The van der Waals surface area contributed by atoms with E-state index in [0.29, 0.717) is 38.5 Å². The van der Waals surface area contributed by atoms with Crippen LogP contribution in [0.4, 0.5) is 0 Å². The molecule has 0 spiro atoms. The molecule has 606 valence electrons. The predicted molar refractivity (Wildman–Crippen MR) is 399 cm³/mol. The van der Waals surface area contributed by atoms with E-state index >= 15 is 14.4 Å². The Labute approximate surface area is 642 Å². The van der Waals surface area contributed by atoms with Crippen LogP contribution in [0.3, 0.4) is 0 Å². The largest absolute Gasteiger partial charge is 0.481 e.